The molecule has 26 heavy (non-hydrogen) atoms. The van der Waals surface area contributed by atoms with Gasteiger partial charge < -0.3 is 9.42 Å². The lowest BCUT2D eigenvalue weighted by Crippen LogP contribution is -2.32. The van der Waals surface area contributed by atoms with Gasteiger partial charge in [0, 0.05) is 22.0 Å². The van der Waals surface area contributed by atoms with Gasteiger partial charge in [0.15, 0.2) is 0 Å². The Morgan fingerprint density at radius 3 is 2.73 bits per heavy atom. The van der Waals surface area contributed by atoms with E-state index in [2.05, 4.69) is 26.1 Å². The summed E-state index contributed by atoms with van der Waals surface area (Å²) in [5.41, 5.74) is 0.858. The number of aromatic nitrogens is 2. The fourth-order valence-electron chi connectivity index (χ4n) is 2.41. The van der Waals surface area contributed by atoms with Crippen LogP contribution in [0.4, 0.5) is 0 Å². The van der Waals surface area contributed by atoms with E-state index in [1.54, 1.807) is 11.9 Å². The maximum Gasteiger partial charge on any atom is 0.246 e. The molecule has 2 aromatic carbocycles. The molecule has 1 heterocycles. The molecule has 0 saturated carbocycles. The molecule has 5 nitrogen and oxygen atoms in total. The minimum absolute atomic E-state index is 0.0149. The average molecular weight is 432 g/mol. The third kappa shape index (κ3) is 4.74. The molecule has 1 aromatic heterocycles. The van der Waals surface area contributed by atoms with Gasteiger partial charge in [0.05, 0.1) is 11.8 Å². The molecule has 3 rings (SSSR count). The molecule has 0 fully saturated rings. The van der Waals surface area contributed by atoms with E-state index >= 15 is 0 Å². The van der Waals surface area contributed by atoms with Crippen molar-refractivity contribution < 1.29 is 9.32 Å². The summed E-state index contributed by atoms with van der Waals surface area (Å²) in [6.45, 7) is 2.18. The minimum atomic E-state index is -0.199. The zero-order valence-electron chi connectivity index (χ0n) is 14.4. The van der Waals surface area contributed by atoms with Crippen LogP contribution in [-0.2, 0) is 11.3 Å². The van der Waals surface area contributed by atoms with Gasteiger partial charge in [-0.3, -0.25) is 4.79 Å². The molecule has 0 spiro atoms. The van der Waals surface area contributed by atoms with Crippen molar-refractivity contribution in [3.8, 4) is 11.4 Å². The van der Waals surface area contributed by atoms with Gasteiger partial charge in [-0.1, -0.05) is 51.4 Å². The Bertz CT molecular complexity index is 885. The molecule has 1 amide bonds. The number of benzene rings is 2. The largest absolute Gasteiger partial charge is 0.337 e. The molecule has 0 aliphatic rings. The lowest BCUT2D eigenvalue weighted by Gasteiger charge is -2.19. The summed E-state index contributed by atoms with van der Waals surface area (Å²) < 4.78 is 6.25. The molecule has 134 valence electrons. The molecular formula is C19H18BrN3O2S. The van der Waals surface area contributed by atoms with Crippen molar-refractivity contribution >= 4 is 33.6 Å². The molecule has 0 N–H and O–H groups in total. The monoisotopic (exact) mass is 431 g/mol. The Labute approximate surface area is 164 Å². The quantitative estimate of drug-likeness (QED) is 0.532. The summed E-state index contributed by atoms with van der Waals surface area (Å²) in [4.78, 5) is 19.6. The van der Waals surface area contributed by atoms with Crippen LogP contribution in [0, 0.1) is 0 Å². The van der Waals surface area contributed by atoms with Gasteiger partial charge >= 0.3 is 0 Å². The SMILES string of the molecule is C[C@H](Sc1ccccc1)C(=O)N(C)Cc1nc(-c2cccc(Br)c2)no1. The Morgan fingerprint density at radius 1 is 1.23 bits per heavy atom. The highest BCUT2D eigenvalue weighted by molar-refractivity contribution is 9.10. The van der Waals surface area contributed by atoms with Crippen molar-refractivity contribution in [1.82, 2.24) is 15.0 Å². The van der Waals surface area contributed by atoms with Crippen LogP contribution in [-0.4, -0.2) is 33.2 Å². The van der Waals surface area contributed by atoms with Crippen LogP contribution in [0.5, 0.6) is 0 Å². The Hall–Kier alpha value is -2.12. The lowest BCUT2D eigenvalue weighted by molar-refractivity contribution is -0.129. The normalized spacial score (nSPS) is 12.0. The fourth-order valence-corrected chi connectivity index (χ4v) is 3.81. The number of halogens is 1. The van der Waals surface area contributed by atoms with Crippen LogP contribution in [0.1, 0.15) is 12.8 Å². The first kappa shape index (κ1) is 18.7. The molecule has 7 heteroatoms. The third-order valence-electron chi connectivity index (χ3n) is 3.70. The first-order valence-corrected chi connectivity index (χ1v) is 9.75. The highest BCUT2D eigenvalue weighted by Crippen LogP contribution is 2.24. The molecule has 0 aliphatic heterocycles. The van der Waals surface area contributed by atoms with Crippen LogP contribution in [0.2, 0.25) is 0 Å². The topological polar surface area (TPSA) is 59.2 Å². The molecule has 0 aliphatic carbocycles. The van der Waals surface area contributed by atoms with E-state index in [4.69, 9.17) is 4.52 Å². The number of hydrogen-bond acceptors (Lipinski definition) is 5. The van der Waals surface area contributed by atoms with Crippen LogP contribution in [0.3, 0.4) is 0 Å². The van der Waals surface area contributed by atoms with E-state index in [-0.39, 0.29) is 17.7 Å². The summed E-state index contributed by atoms with van der Waals surface area (Å²) in [7, 11) is 1.74. The summed E-state index contributed by atoms with van der Waals surface area (Å²) in [5, 5.41) is 3.80. The van der Waals surface area contributed by atoms with Crippen molar-refractivity contribution in [3.63, 3.8) is 0 Å². The molecular weight excluding hydrogens is 414 g/mol. The molecule has 0 unspecified atom stereocenters. The zero-order valence-corrected chi connectivity index (χ0v) is 16.8. The Morgan fingerprint density at radius 2 is 2.00 bits per heavy atom. The highest BCUT2D eigenvalue weighted by Gasteiger charge is 2.21. The van der Waals surface area contributed by atoms with Crippen molar-refractivity contribution in [2.75, 3.05) is 7.05 Å². The molecule has 0 radical (unpaired) electrons. The van der Waals surface area contributed by atoms with Crippen LogP contribution in [0.25, 0.3) is 11.4 Å². The predicted molar refractivity (Wildman–Crippen MR) is 106 cm³/mol. The standard InChI is InChI=1S/C19H18BrN3O2S/c1-13(26-16-9-4-3-5-10-16)19(24)23(2)12-17-21-18(22-25-17)14-7-6-8-15(20)11-14/h3-11,13H,12H2,1-2H3/t13-/m0/s1. The van der Waals surface area contributed by atoms with Gasteiger partial charge in [-0.05, 0) is 31.2 Å². The zero-order chi connectivity index (χ0) is 18.5. The van der Waals surface area contributed by atoms with E-state index in [0.717, 1.165) is 14.9 Å². The van der Waals surface area contributed by atoms with Gasteiger partial charge in [-0.2, -0.15) is 4.98 Å². The van der Waals surface area contributed by atoms with Gasteiger partial charge in [0.1, 0.15) is 0 Å². The van der Waals surface area contributed by atoms with Gasteiger partial charge in [-0.25, -0.2) is 0 Å². The van der Waals surface area contributed by atoms with E-state index < -0.39 is 0 Å². The summed E-state index contributed by atoms with van der Waals surface area (Å²) in [6.07, 6.45) is 0. The van der Waals surface area contributed by atoms with E-state index in [9.17, 15) is 4.79 Å². The molecule has 0 bridgehead atoms. The second-order valence-electron chi connectivity index (χ2n) is 5.79. The van der Waals surface area contributed by atoms with Crippen LogP contribution < -0.4 is 0 Å². The van der Waals surface area contributed by atoms with Crippen molar-refractivity contribution in [1.29, 1.82) is 0 Å². The molecule has 0 saturated heterocycles. The van der Waals surface area contributed by atoms with Gasteiger partial charge in [0.25, 0.3) is 0 Å². The number of nitrogens with zero attached hydrogens (tertiary/aromatic N) is 3. The van der Waals surface area contributed by atoms with Crippen molar-refractivity contribution in [2.45, 2.75) is 23.6 Å². The Balaban J connectivity index is 1.62. The molecule has 1 atom stereocenters. The number of amides is 1. The highest BCUT2D eigenvalue weighted by atomic mass is 79.9. The summed E-state index contributed by atoms with van der Waals surface area (Å²) in [5.74, 6) is 0.933. The fraction of sp³-hybridized carbons (Fsp3) is 0.211. The molecule has 3 aromatic rings. The smallest absolute Gasteiger partial charge is 0.246 e. The lowest BCUT2D eigenvalue weighted by atomic mass is 10.2. The summed E-state index contributed by atoms with van der Waals surface area (Å²) in [6, 6.07) is 17.6. The van der Waals surface area contributed by atoms with E-state index in [1.165, 1.54) is 11.8 Å². The number of carbonyl (C=O) groups excluding carboxylic acids is 1. The first-order chi connectivity index (χ1) is 12.5. The van der Waals surface area contributed by atoms with E-state index in [1.807, 2.05) is 61.5 Å². The number of rotatable bonds is 6. The second-order valence-corrected chi connectivity index (χ2v) is 8.12. The van der Waals surface area contributed by atoms with E-state index in [0.29, 0.717) is 11.7 Å². The summed E-state index contributed by atoms with van der Waals surface area (Å²) >= 11 is 4.96. The third-order valence-corrected chi connectivity index (χ3v) is 5.30. The number of hydrogen-bond donors (Lipinski definition) is 0. The van der Waals surface area contributed by atoms with Crippen molar-refractivity contribution in [2.24, 2.45) is 0 Å². The first-order valence-electron chi connectivity index (χ1n) is 8.08. The maximum atomic E-state index is 12.6. The Kier molecular flexibility index (Phi) is 6.11. The second kappa shape index (κ2) is 8.51. The van der Waals surface area contributed by atoms with Crippen molar-refractivity contribution in [3.05, 3.63) is 65.0 Å². The van der Waals surface area contributed by atoms with Crippen LogP contribution >= 0.6 is 27.7 Å². The average Bonchev–Trinajstić information content (AvgIpc) is 3.10. The minimum Gasteiger partial charge on any atom is -0.337 e. The van der Waals surface area contributed by atoms with Gasteiger partial charge in [-0.15, -0.1) is 11.8 Å². The number of thioether (sulfide) groups is 1. The van der Waals surface area contributed by atoms with Crippen LogP contribution in [0.15, 0.2) is 68.5 Å². The predicted octanol–water partition coefficient (Wildman–Crippen LogP) is 4.64. The number of carbonyl (C=O) groups is 1. The maximum absolute atomic E-state index is 12.6. The van der Waals surface area contributed by atoms with Gasteiger partial charge in [0.2, 0.25) is 17.6 Å².